The highest BCUT2D eigenvalue weighted by molar-refractivity contribution is 5.74. The molecule has 1 fully saturated rings. The first-order valence-corrected chi connectivity index (χ1v) is 5.13. The summed E-state index contributed by atoms with van der Waals surface area (Å²) in [7, 11) is 0. The highest BCUT2D eigenvalue weighted by atomic mass is 16.2. The Kier molecular flexibility index (Phi) is 3.04. The third-order valence-corrected chi connectivity index (χ3v) is 2.50. The molecule has 0 aromatic rings. The van der Waals surface area contributed by atoms with E-state index >= 15 is 0 Å². The van der Waals surface area contributed by atoms with E-state index in [0.29, 0.717) is 13.1 Å². The molecule has 0 spiro atoms. The van der Waals surface area contributed by atoms with Crippen molar-refractivity contribution >= 4 is 6.03 Å². The number of nitrogens with two attached hydrogens (primary N) is 1. The van der Waals surface area contributed by atoms with Crippen molar-refractivity contribution < 1.29 is 4.79 Å². The standard InChI is InChI=1S/C10H21N3O/c1-9(2,3)13-8(14)12-7-10(6-11)4-5-10/h4-7,11H2,1-3H3,(H2,12,13,14). The topological polar surface area (TPSA) is 67.2 Å². The fourth-order valence-corrected chi connectivity index (χ4v) is 1.28. The molecule has 14 heavy (non-hydrogen) atoms. The lowest BCUT2D eigenvalue weighted by Crippen LogP contribution is -2.48. The maximum Gasteiger partial charge on any atom is 0.315 e. The van der Waals surface area contributed by atoms with E-state index in [1.807, 2.05) is 20.8 Å². The molecule has 1 rings (SSSR count). The summed E-state index contributed by atoms with van der Waals surface area (Å²) in [6.45, 7) is 7.25. The maximum absolute atomic E-state index is 11.4. The highest BCUT2D eigenvalue weighted by Gasteiger charge is 2.41. The Hall–Kier alpha value is -0.770. The van der Waals surface area contributed by atoms with Gasteiger partial charge in [-0.15, -0.1) is 0 Å². The van der Waals surface area contributed by atoms with Crippen molar-refractivity contribution in [2.75, 3.05) is 13.1 Å². The second kappa shape index (κ2) is 3.77. The van der Waals surface area contributed by atoms with E-state index in [1.54, 1.807) is 0 Å². The molecule has 2 amide bonds. The average Bonchev–Trinajstić information content (AvgIpc) is 2.78. The van der Waals surface area contributed by atoms with Gasteiger partial charge in [-0.05, 0) is 40.2 Å². The van der Waals surface area contributed by atoms with Crippen molar-refractivity contribution in [2.45, 2.75) is 39.2 Å². The second-order valence-corrected chi connectivity index (χ2v) is 5.26. The van der Waals surface area contributed by atoms with Gasteiger partial charge in [0.25, 0.3) is 0 Å². The van der Waals surface area contributed by atoms with E-state index in [-0.39, 0.29) is 17.0 Å². The van der Waals surface area contributed by atoms with Crippen LogP contribution in [0.1, 0.15) is 33.6 Å². The van der Waals surface area contributed by atoms with Crippen LogP contribution in [0, 0.1) is 5.41 Å². The first-order chi connectivity index (χ1) is 6.37. The Labute approximate surface area is 85.6 Å². The summed E-state index contributed by atoms with van der Waals surface area (Å²) in [5.41, 5.74) is 5.64. The molecular formula is C10H21N3O. The number of urea groups is 1. The van der Waals surface area contributed by atoms with E-state index in [1.165, 1.54) is 0 Å². The first kappa shape index (κ1) is 11.3. The third kappa shape index (κ3) is 3.54. The van der Waals surface area contributed by atoms with E-state index in [9.17, 15) is 4.79 Å². The monoisotopic (exact) mass is 199 g/mol. The van der Waals surface area contributed by atoms with Gasteiger partial charge in [0.05, 0.1) is 0 Å². The predicted molar refractivity (Wildman–Crippen MR) is 57.0 cm³/mol. The molecule has 0 bridgehead atoms. The lowest BCUT2D eigenvalue weighted by Gasteiger charge is -2.22. The van der Waals surface area contributed by atoms with Crippen molar-refractivity contribution in [3.8, 4) is 0 Å². The summed E-state index contributed by atoms with van der Waals surface area (Å²) in [6.07, 6.45) is 2.28. The van der Waals surface area contributed by atoms with Crippen LogP contribution in [0.25, 0.3) is 0 Å². The van der Waals surface area contributed by atoms with Gasteiger partial charge in [0.1, 0.15) is 0 Å². The lowest BCUT2D eigenvalue weighted by molar-refractivity contribution is 0.229. The number of rotatable bonds is 3. The number of hydrogen-bond acceptors (Lipinski definition) is 2. The van der Waals surface area contributed by atoms with Gasteiger partial charge < -0.3 is 16.4 Å². The molecule has 82 valence electrons. The van der Waals surface area contributed by atoms with Crippen molar-refractivity contribution in [2.24, 2.45) is 11.1 Å². The number of nitrogens with one attached hydrogen (secondary N) is 2. The molecule has 0 aromatic heterocycles. The van der Waals surface area contributed by atoms with Gasteiger partial charge in [0.15, 0.2) is 0 Å². The maximum atomic E-state index is 11.4. The Morgan fingerprint density at radius 1 is 1.43 bits per heavy atom. The van der Waals surface area contributed by atoms with Crippen LogP contribution in [0.5, 0.6) is 0 Å². The molecule has 0 heterocycles. The van der Waals surface area contributed by atoms with Crippen LogP contribution >= 0.6 is 0 Å². The molecule has 0 aromatic carbocycles. The normalized spacial score (nSPS) is 18.9. The zero-order chi connectivity index (χ0) is 10.8. The van der Waals surface area contributed by atoms with Crippen LogP contribution < -0.4 is 16.4 Å². The van der Waals surface area contributed by atoms with Crippen LogP contribution in [0.3, 0.4) is 0 Å². The molecule has 4 nitrogen and oxygen atoms in total. The summed E-state index contributed by atoms with van der Waals surface area (Å²) in [5, 5.41) is 5.72. The SMILES string of the molecule is CC(C)(C)NC(=O)NCC1(CN)CC1. The van der Waals surface area contributed by atoms with Gasteiger partial charge >= 0.3 is 6.03 Å². The first-order valence-electron chi connectivity index (χ1n) is 5.13. The van der Waals surface area contributed by atoms with Gasteiger partial charge in [-0.3, -0.25) is 0 Å². The van der Waals surface area contributed by atoms with Crippen LogP contribution in [0.4, 0.5) is 4.79 Å². The van der Waals surface area contributed by atoms with Crippen LogP contribution in [0.2, 0.25) is 0 Å². The minimum atomic E-state index is -0.177. The van der Waals surface area contributed by atoms with Crippen molar-refractivity contribution in [3.63, 3.8) is 0 Å². The predicted octanol–water partition coefficient (Wildman–Crippen LogP) is 0.823. The summed E-state index contributed by atoms with van der Waals surface area (Å²) >= 11 is 0. The lowest BCUT2D eigenvalue weighted by atomic mass is 10.1. The van der Waals surface area contributed by atoms with Gasteiger partial charge in [0.2, 0.25) is 0 Å². The molecule has 4 heteroatoms. The largest absolute Gasteiger partial charge is 0.338 e. The van der Waals surface area contributed by atoms with E-state index in [0.717, 1.165) is 12.8 Å². The summed E-state index contributed by atoms with van der Waals surface area (Å²) < 4.78 is 0. The average molecular weight is 199 g/mol. The van der Waals surface area contributed by atoms with Crippen LogP contribution in [-0.4, -0.2) is 24.7 Å². The van der Waals surface area contributed by atoms with Crippen LogP contribution in [-0.2, 0) is 0 Å². The Balaban J connectivity index is 2.22. The quantitative estimate of drug-likeness (QED) is 0.630. The minimum Gasteiger partial charge on any atom is -0.338 e. The molecule has 4 N–H and O–H groups in total. The number of amides is 2. The Morgan fingerprint density at radius 2 is 2.00 bits per heavy atom. The van der Waals surface area contributed by atoms with Crippen molar-refractivity contribution in [3.05, 3.63) is 0 Å². The van der Waals surface area contributed by atoms with Gasteiger partial charge in [-0.2, -0.15) is 0 Å². The zero-order valence-electron chi connectivity index (χ0n) is 9.31. The fraction of sp³-hybridized carbons (Fsp3) is 0.900. The summed E-state index contributed by atoms with van der Waals surface area (Å²) in [5.74, 6) is 0. The molecule has 0 aliphatic heterocycles. The molecule has 0 saturated heterocycles. The zero-order valence-corrected chi connectivity index (χ0v) is 9.31. The fourth-order valence-electron chi connectivity index (χ4n) is 1.28. The second-order valence-electron chi connectivity index (χ2n) is 5.26. The number of carbonyl (C=O) groups excluding carboxylic acids is 1. The van der Waals surface area contributed by atoms with Gasteiger partial charge in [0, 0.05) is 17.5 Å². The highest BCUT2D eigenvalue weighted by Crippen LogP contribution is 2.43. The van der Waals surface area contributed by atoms with Crippen molar-refractivity contribution in [1.82, 2.24) is 10.6 Å². The minimum absolute atomic E-state index is 0.0998. The van der Waals surface area contributed by atoms with Gasteiger partial charge in [-0.25, -0.2) is 4.79 Å². The molecule has 0 radical (unpaired) electrons. The molecule has 1 aliphatic rings. The molecular weight excluding hydrogens is 178 g/mol. The molecule has 1 saturated carbocycles. The number of hydrogen-bond donors (Lipinski definition) is 3. The smallest absolute Gasteiger partial charge is 0.315 e. The van der Waals surface area contributed by atoms with Crippen LogP contribution in [0.15, 0.2) is 0 Å². The Morgan fingerprint density at radius 3 is 2.36 bits per heavy atom. The van der Waals surface area contributed by atoms with Crippen molar-refractivity contribution in [1.29, 1.82) is 0 Å². The molecule has 1 aliphatic carbocycles. The summed E-state index contributed by atoms with van der Waals surface area (Å²) in [4.78, 5) is 11.4. The third-order valence-electron chi connectivity index (χ3n) is 2.50. The van der Waals surface area contributed by atoms with E-state index in [4.69, 9.17) is 5.73 Å². The summed E-state index contributed by atoms with van der Waals surface area (Å²) in [6, 6.07) is -0.0998. The Bertz CT molecular complexity index is 216. The van der Waals surface area contributed by atoms with E-state index < -0.39 is 0 Å². The number of carbonyl (C=O) groups is 1. The molecule has 0 unspecified atom stereocenters. The van der Waals surface area contributed by atoms with Gasteiger partial charge in [-0.1, -0.05) is 0 Å². The molecule has 0 atom stereocenters. The van der Waals surface area contributed by atoms with E-state index in [2.05, 4.69) is 10.6 Å².